The first-order valence-corrected chi connectivity index (χ1v) is 11.6. The summed E-state index contributed by atoms with van der Waals surface area (Å²) in [7, 11) is 0. The summed E-state index contributed by atoms with van der Waals surface area (Å²) >= 11 is 1.28. The minimum atomic E-state index is -0.481. The smallest absolute Gasteiger partial charge is 0.283 e. The number of thioether (sulfide) groups is 1. The molecule has 0 unspecified atom stereocenters. The Morgan fingerprint density at radius 1 is 1.11 bits per heavy atom. The topological polar surface area (TPSA) is 134 Å². The van der Waals surface area contributed by atoms with Crippen LogP contribution in [-0.2, 0) is 16.1 Å². The van der Waals surface area contributed by atoms with E-state index in [1.807, 2.05) is 0 Å². The van der Waals surface area contributed by atoms with Crippen LogP contribution in [0.2, 0.25) is 0 Å². The molecule has 3 aliphatic rings. The second-order valence-electron chi connectivity index (χ2n) is 7.78. The van der Waals surface area contributed by atoms with E-state index in [1.165, 1.54) is 28.9 Å². The first-order chi connectivity index (χ1) is 17.0. The molecule has 1 fully saturated rings. The van der Waals surface area contributed by atoms with Gasteiger partial charge in [0.25, 0.3) is 11.6 Å². The molecule has 35 heavy (non-hydrogen) atoms. The number of nitrogens with one attached hydrogen (secondary N) is 1. The zero-order valence-corrected chi connectivity index (χ0v) is 19.2. The number of amides is 1. The largest absolute Gasteiger partial charge is 0.489 e. The van der Waals surface area contributed by atoms with Crippen molar-refractivity contribution in [1.29, 1.82) is 5.41 Å². The molecule has 0 bridgehead atoms. The van der Waals surface area contributed by atoms with E-state index in [-0.39, 0.29) is 23.7 Å². The Balaban J connectivity index is 1.25. The molecule has 1 N–H and O–H groups in total. The molecule has 0 radical (unpaired) electrons. The van der Waals surface area contributed by atoms with E-state index in [1.54, 1.807) is 42.5 Å². The van der Waals surface area contributed by atoms with Crippen LogP contribution >= 0.6 is 11.8 Å². The fraction of sp³-hybridized carbons (Fsp3) is 0.217. The molecule has 12 heteroatoms. The highest BCUT2D eigenvalue weighted by Crippen LogP contribution is 2.30. The number of benzene rings is 2. The van der Waals surface area contributed by atoms with Gasteiger partial charge in [-0.1, -0.05) is 12.1 Å². The summed E-state index contributed by atoms with van der Waals surface area (Å²) in [6.07, 6.45) is 1.61. The Kier molecular flexibility index (Phi) is 6.29. The lowest BCUT2D eigenvalue weighted by molar-refractivity contribution is -0.384. The predicted molar refractivity (Wildman–Crippen MR) is 131 cm³/mol. The molecule has 0 aliphatic carbocycles. The number of fused-ring (bicyclic) bond motifs is 1. The Hall–Kier alpha value is -4.03. The number of nitrogens with zero attached hydrogens (tertiary/aromatic N) is 5. The van der Waals surface area contributed by atoms with Crippen molar-refractivity contribution in [2.45, 2.75) is 6.61 Å². The van der Waals surface area contributed by atoms with E-state index in [0.717, 1.165) is 5.56 Å². The molecule has 0 atom stereocenters. The predicted octanol–water partition coefficient (Wildman–Crippen LogP) is 3.08. The molecule has 0 aromatic heterocycles. The van der Waals surface area contributed by atoms with E-state index in [9.17, 15) is 14.9 Å². The highest BCUT2D eigenvalue weighted by atomic mass is 32.2. The summed E-state index contributed by atoms with van der Waals surface area (Å²) < 4.78 is 11.1. The van der Waals surface area contributed by atoms with Gasteiger partial charge in [-0.25, -0.2) is 0 Å². The van der Waals surface area contributed by atoms with E-state index in [0.29, 0.717) is 48.0 Å². The van der Waals surface area contributed by atoms with Gasteiger partial charge in [0.05, 0.1) is 23.7 Å². The molecule has 2 aromatic carbocycles. The average molecular weight is 493 g/mol. The van der Waals surface area contributed by atoms with Crippen molar-refractivity contribution in [3.05, 3.63) is 75.3 Å². The van der Waals surface area contributed by atoms with Crippen molar-refractivity contribution in [3.63, 3.8) is 0 Å². The number of nitro groups is 1. The molecule has 11 nitrogen and oxygen atoms in total. The molecular weight excluding hydrogens is 472 g/mol. The van der Waals surface area contributed by atoms with Gasteiger partial charge >= 0.3 is 0 Å². The number of non-ortho nitro benzene ring substituents is 1. The number of hydrazone groups is 1. The van der Waals surface area contributed by atoms with Gasteiger partial charge in [-0.15, -0.1) is 5.10 Å². The van der Waals surface area contributed by atoms with Crippen molar-refractivity contribution < 1.29 is 19.2 Å². The number of morpholine rings is 1. The number of hydrogen-bond donors (Lipinski definition) is 1. The number of ether oxygens (including phenoxy) is 2. The lowest BCUT2D eigenvalue weighted by Gasteiger charge is -2.26. The molecule has 3 heterocycles. The summed E-state index contributed by atoms with van der Waals surface area (Å²) in [4.78, 5) is 29.1. The van der Waals surface area contributed by atoms with Crippen molar-refractivity contribution in [3.8, 4) is 5.75 Å². The van der Waals surface area contributed by atoms with Gasteiger partial charge < -0.3 is 14.4 Å². The highest BCUT2D eigenvalue weighted by Gasteiger charge is 2.37. The van der Waals surface area contributed by atoms with Crippen molar-refractivity contribution in [1.82, 2.24) is 9.91 Å². The molecule has 2 aromatic rings. The first kappa shape index (κ1) is 22.7. The minimum absolute atomic E-state index is 0.0192. The van der Waals surface area contributed by atoms with Gasteiger partial charge in [0.15, 0.2) is 11.0 Å². The van der Waals surface area contributed by atoms with Gasteiger partial charge in [0.2, 0.25) is 5.17 Å². The lowest BCUT2D eigenvalue weighted by Crippen LogP contribution is -2.39. The fourth-order valence-electron chi connectivity index (χ4n) is 3.57. The quantitative estimate of drug-likeness (QED) is 0.382. The Bertz CT molecular complexity index is 1270. The Morgan fingerprint density at radius 2 is 1.83 bits per heavy atom. The third kappa shape index (κ3) is 4.93. The number of rotatable bonds is 5. The van der Waals surface area contributed by atoms with Crippen LogP contribution in [-0.4, -0.2) is 63.2 Å². The van der Waals surface area contributed by atoms with Crippen LogP contribution in [0.25, 0.3) is 6.08 Å². The summed E-state index contributed by atoms with van der Waals surface area (Å²) in [6, 6.07) is 13.2. The monoisotopic (exact) mass is 492 g/mol. The number of amidine groups is 3. The highest BCUT2D eigenvalue weighted by molar-refractivity contribution is 8.26. The number of carbonyl (C=O) groups excluding carboxylic acids is 1. The minimum Gasteiger partial charge on any atom is -0.489 e. The van der Waals surface area contributed by atoms with Gasteiger partial charge in [0, 0.05) is 25.2 Å². The molecule has 178 valence electrons. The zero-order valence-electron chi connectivity index (χ0n) is 18.4. The van der Waals surface area contributed by atoms with E-state index < -0.39 is 10.8 Å². The molecular formula is C23H20N6O5S. The number of aliphatic imine (C=N–C) groups is 1. The van der Waals surface area contributed by atoms with Gasteiger partial charge in [0.1, 0.15) is 12.4 Å². The van der Waals surface area contributed by atoms with E-state index in [2.05, 4.69) is 15.0 Å². The van der Waals surface area contributed by atoms with Gasteiger partial charge in [-0.3, -0.25) is 20.3 Å². The van der Waals surface area contributed by atoms with Crippen LogP contribution in [0.1, 0.15) is 11.1 Å². The van der Waals surface area contributed by atoms with Crippen LogP contribution < -0.4 is 4.74 Å². The molecule has 1 amide bonds. The maximum Gasteiger partial charge on any atom is 0.283 e. The van der Waals surface area contributed by atoms with Gasteiger partial charge in [-0.2, -0.15) is 10.0 Å². The molecule has 0 saturated carbocycles. The molecule has 0 spiro atoms. The van der Waals surface area contributed by atoms with E-state index in [4.69, 9.17) is 14.9 Å². The van der Waals surface area contributed by atoms with Crippen molar-refractivity contribution in [2.24, 2.45) is 10.1 Å². The summed E-state index contributed by atoms with van der Waals surface area (Å²) in [5.41, 5.74) is 1.70. The van der Waals surface area contributed by atoms with E-state index >= 15 is 0 Å². The number of carbonyl (C=O) groups is 1. The number of nitro benzene ring substituents is 1. The molecule has 5 rings (SSSR count). The van der Waals surface area contributed by atoms with Crippen LogP contribution in [0, 0.1) is 15.5 Å². The summed E-state index contributed by atoms with van der Waals surface area (Å²) in [6.45, 7) is 2.89. The molecule has 1 saturated heterocycles. The maximum atomic E-state index is 12.6. The second-order valence-corrected chi connectivity index (χ2v) is 8.72. The fourth-order valence-corrected chi connectivity index (χ4v) is 4.52. The standard InChI is InChI=1S/C23H20N6O5S/c24-20-19(21(30)25-22-28(20)26-23(35-22)27-9-11-33-12-10-27)13-15-3-7-18(8-4-15)34-14-16-1-5-17(6-2-16)29(31)32/h1-8,13,24H,9-12,14H2/b19-13+,24-20?. The SMILES string of the molecule is N=C1/C(=C\c2ccc(OCc3ccc([N+](=O)[O-])cc3)cc2)C(=O)N=C2SC(N3CCOCC3)=NN12. The van der Waals surface area contributed by atoms with Crippen molar-refractivity contribution in [2.75, 3.05) is 26.3 Å². The molecule has 3 aliphatic heterocycles. The maximum absolute atomic E-state index is 12.6. The van der Waals surface area contributed by atoms with Crippen molar-refractivity contribution >= 4 is 45.6 Å². The number of hydrogen-bond acceptors (Lipinski definition) is 9. The van der Waals surface area contributed by atoms with Crippen LogP contribution in [0.5, 0.6) is 5.75 Å². The van der Waals surface area contributed by atoms with Gasteiger partial charge in [-0.05, 0) is 53.2 Å². The zero-order chi connectivity index (χ0) is 24.4. The second kappa shape index (κ2) is 9.68. The van der Waals surface area contributed by atoms with Crippen LogP contribution in [0.4, 0.5) is 5.69 Å². The van der Waals surface area contributed by atoms with Crippen LogP contribution in [0.3, 0.4) is 0 Å². The Labute approximate surface area is 204 Å². The normalized spacial score (nSPS) is 18.9. The Morgan fingerprint density at radius 3 is 2.51 bits per heavy atom. The summed E-state index contributed by atoms with van der Waals surface area (Å²) in [5.74, 6) is 0.103. The third-order valence-corrected chi connectivity index (χ3v) is 6.44. The average Bonchev–Trinajstić information content (AvgIpc) is 3.31. The summed E-state index contributed by atoms with van der Waals surface area (Å²) in [5, 5.41) is 26.3. The lowest BCUT2D eigenvalue weighted by atomic mass is 10.1. The first-order valence-electron chi connectivity index (χ1n) is 10.8. The third-order valence-electron chi connectivity index (χ3n) is 5.47. The van der Waals surface area contributed by atoms with Crippen LogP contribution in [0.15, 0.2) is 64.2 Å².